The lowest BCUT2D eigenvalue weighted by Crippen LogP contribution is -1.97. The minimum absolute atomic E-state index is 0.941. The fourth-order valence-electron chi connectivity index (χ4n) is 1.24. The Balaban J connectivity index is 1.94. The highest BCUT2D eigenvalue weighted by Crippen LogP contribution is 2.00. The number of rotatable bonds is 3. The van der Waals surface area contributed by atoms with E-state index in [0.717, 1.165) is 13.0 Å². The van der Waals surface area contributed by atoms with Gasteiger partial charge in [0.05, 0.1) is 0 Å². The Morgan fingerprint density at radius 1 is 1.00 bits per heavy atom. The summed E-state index contributed by atoms with van der Waals surface area (Å²) in [7, 11) is 0. The molecule has 0 aliphatic rings. The van der Waals surface area contributed by atoms with E-state index in [9.17, 15) is 0 Å². The number of nitrogens with zero attached hydrogens (tertiary/aromatic N) is 3. The molecule has 1 heterocycles. The van der Waals surface area contributed by atoms with Crippen LogP contribution in [-0.4, -0.2) is 14.8 Å². The Kier molecular flexibility index (Phi) is 2.36. The van der Waals surface area contributed by atoms with Gasteiger partial charge in [0.25, 0.3) is 0 Å². The number of hydrogen-bond donors (Lipinski definition) is 0. The van der Waals surface area contributed by atoms with Crippen molar-refractivity contribution in [2.24, 2.45) is 0 Å². The second-order valence-corrected chi connectivity index (χ2v) is 2.94. The summed E-state index contributed by atoms with van der Waals surface area (Å²) < 4.78 is 1.98. The first kappa shape index (κ1) is 7.98. The van der Waals surface area contributed by atoms with E-state index in [1.54, 1.807) is 12.7 Å². The van der Waals surface area contributed by atoms with Crippen molar-refractivity contribution < 1.29 is 0 Å². The maximum absolute atomic E-state index is 3.75. The highest BCUT2D eigenvalue weighted by molar-refractivity contribution is 5.14. The second-order valence-electron chi connectivity index (χ2n) is 2.94. The van der Waals surface area contributed by atoms with Crippen LogP contribution in [0.5, 0.6) is 0 Å². The Morgan fingerprint density at radius 3 is 2.38 bits per heavy atom. The van der Waals surface area contributed by atoms with Crippen LogP contribution < -0.4 is 0 Å². The minimum Gasteiger partial charge on any atom is -0.320 e. The van der Waals surface area contributed by atoms with Crippen LogP contribution in [-0.2, 0) is 13.0 Å². The molecule has 0 spiro atoms. The van der Waals surface area contributed by atoms with Crippen LogP contribution in [0.1, 0.15) is 5.56 Å². The summed E-state index contributed by atoms with van der Waals surface area (Å²) in [6.45, 7) is 0.941. The van der Waals surface area contributed by atoms with Crippen LogP contribution in [0.3, 0.4) is 0 Å². The van der Waals surface area contributed by atoms with E-state index in [1.807, 2.05) is 10.6 Å². The van der Waals surface area contributed by atoms with E-state index < -0.39 is 0 Å². The van der Waals surface area contributed by atoms with Gasteiger partial charge >= 0.3 is 0 Å². The Labute approximate surface area is 77.0 Å². The Bertz CT molecular complexity index is 340. The van der Waals surface area contributed by atoms with Gasteiger partial charge in [0, 0.05) is 6.54 Å². The van der Waals surface area contributed by atoms with E-state index in [4.69, 9.17) is 0 Å². The van der Waals surface area contributed by atoms with E-state index >= 15 is 0 Å². The fraction of sp³-hybridized carbons (Fsp3) is 0.200. The van der Waals surface area contributed by atoms with Gasteiger partial charge in [-0.25, -0.2) is 0 Å². The molecule has 1 aromatic carbocycles. The third-order valence-corrected chi connectivity index (χ3v) is 1.97. The lowest BCUT2D eigenvalue weighted by Gasteiger charge is -2.00. The minimum atomic E-state index is 0.941. The molecule has 0 fully saturated rings. The van der Waals surface area contributed by atoms with Crippen molar-refractivity contribution in [3.05, 3.63) is 48.5 Å². The van der Waals surface area contributed by atoms with Crippen molar-refractivity contribution in [1.29, 1.82) is 0 Å². The summed E-state index contributed by atoms with van der Waals surface area (Å²) in [5.41, 5.74) is 1.34. The molecule has 1 aromatic heterocycles. The predicted molar refractivity (Wildman–Crippen MR) is 50.2 cm³/mol. The topological polar surface area (TPSA) is 30.7 Å². The molecular weight excluding hydrogens is 162 g/mol. The molecule has 0 aliphatic heterocycles. The molecule has 0 N–H and O–H groups in total. The highest BCUT2D eigenvalue weighted by atomic mass is 15.2. The number of hydrogen-bond acceptors (Lipinski definition) is 2. The summed E-state index contributed by atoms with van der Waals surface area (Å²) >= 11 is 0. The average molecular weight is 173 g/mol. The molecule has 13 heavy (non-hydrogen) atoms. The van der Waals surface area contributed by atoms with Crippen molar-refractivity contribution in [2.45, 2.75) is 13.0 Å². The maximum Gasteiger partial charge on any atom is 0.119 e. The van der Waals surface area contributed by atoms with Gasteiger partial charge in [-0.3, -0.25) is 0 Å². The van der Waals surface area contributed by atoms with Crippen LogP contribution in [0.4, 0.5) is 0 Å². The molecule has 0 unspecified atom stereocenters. The van der Waals surface area contributed by atoms with Gasteiger partial charge in [0.15, 0.2) is 0 Å². The molecule has 0 radical (unpaired) electrons. The normalized spacial score (nSPS) is 10.2. The third kappa shape index (κ3) is 2.15. The second kappa shape index (κ2) is 3.85. The summed E-state index contributed by atoms with van der Waals surface area (Å²) in [4.78, 5) is 0. The first-order valence-electron chi connectivity index (χ1n) is 4.31. The summed E-state index contributed by atoms with van der Waals surface area (Å²) in [6, 6.07) is 10.4. The third-order valence-electron chi connectivity index (χ3n) is 1.97. The predicted octanol–water partition coefficient (Wildman–Crippen LogP) is 1.52. The van der Waals surface area contributed by atoms with Crippen molar-refractivity contribution in [1.82, 2.24) is 14.8 Å². The van der Waals surface area contributed by atoms with E-state index in [2.05, 4.69) is 34.5 Å². The van der Waals surface area contributed by atoms with Crippen LogP contribution in [0.2, 0.25) is 0 Å². The molecule has 3 heteroatoms. The van der Waals surface area contributed by atoms with Crippen LogP contribution in [0.15, 0.2) is 43.0 Å². The van der Waals surface area contributed by atoms with E-state index in [0.29, 0.717) is 0 Å². The monoisotopic (exact) mass is 173 g/mol. The standard InChI is InChI=1S/C10H11N3/c1-2-4-10(5-3-1)6-7-13-8-11-12-9-13/h1-5,8-9H,6-7H2. The molecule has 3 nitrogen and oxygen atoms in total. The molecule has 0 atom stereocenters. The molecule has 2 aromatic rings. The SMILES string of the molecule is c1ccc(CCn2cnnc2)cc1. The molecule has 0 aliphatic carbocycles. The Hall–Kier alpha value is -1.64. The van der Waals surface area contributed by atoms with Crippen molar-refractivity contribution in [2.75, 3.05) is 0 Å². The van der Waals surface area contributed by atoms with Crippen molar-refractivity contribution >= 4 is 0 Å². The molecular formula is C10H11N3. The van der Waals surface area contributed by atoms with Gasteiger partial charge in [0.2, 0.25) is 0 Å². The zero-order valence-corrected chi connectivity index (χ0v) is 7.30. The van der Waals surface area contributed by atoms with Gasteiger partial charge < -0.3 is 4.57 Å². The fourth-order valence-corrected chi connectivity index (χ4v) is 1.24. The number of benzene rings is 1. The van der Waals surface area contributed by atoms with E-state index in [1.165, 1.54) is 5.56 Å². The number of aryl methyl sites for hydroxylation is 2. The van der Waals surface area contributed by atoms with Gasteiger partial charge in [-0.15, -0.1) is 10.2 Å². The van der Waals surface area contributed by atoms with E-state index in [-0.39, 0.29) is 0 Å². The largest absolute Gasteiger partial charge is 0.320 e. The molecule has 0 saturated carbocycles. The van der Waals surface area contributed by atoms with Gasteiger partial charge in [-0.2, -0.15) is 0 Å². The molecule has 0 amide bonds. The van der Waals surface area contributed by atoms with Crippen molar-refractivity contribution in [3.8, 4) is 0 Å². The summed E-state index contributed by atoms with van der Waals surface area (Å²) in [6.07, 6.45) is 4.50. The van der Waals surface area contributed by atoms with Crippen LogP contribution in [0, 0.1) is 0 Å². The van der Waals surface area contributed by atoms with Gasteiger partial charge in [-0.1, -0.05) is 30.3 Å². The summed E-state index contributed by atoms with van der Waals surface area (Å²) in [5, 5.41) is 7.49. The van der Waals surface area contributed by atoms with Gasteiger partial charge in [0.1, 0.15) is 12.7 Å². The molecule has 0 bridgehead atoms. The quantitative estimate of drug-likeness (QED) is 0.704. The van der Waals surface area contributed by atoms with Crippen LogP contribution >= 0.6 is 0 Å². The average Bonchev–Trinajstić information content (AvgIpc) is 2.69. The lowest BCUT2D eigenvalue weighted by atomic mass is 10.1. The van der Waals surface area contributed by atoms with Crippen LogP contribution in [0.25, 0.3) is 0 Å². The molecule has 0 saturated heterocycles. The highest BCUT2D eigenvalue weighted by Gasteiger charge is 1.92. The van der Waals surface area contributed by atoms with Crippen molar-refractivity contribution in [3.63, 3.8) is 0 Å². The number of aromatic nitrogens is 3. The zero-order chi connectivity index (χ0) is 8.93. The first-order chi connectivity index (χ1) is 6.45. The molecule has 66 valence electrons. The van der Waals surface area contributed by atoms with Gasteiger partial charge in [-0.05, 0) is 12.0 Å². The molecule has 2 rings (SSSR count). The smallest absolute Gasteiger partial charge is 0.119 e. The lowest BCUT2D eigenvalue weighted by molar-refractivity contribution is 0.693. The summed E-state index contributed by atoms with van der Waals surface area (Å²) in [5.74, 6) is 0. The first-order valence-corrected chi connectivity index (χ1v) is 4.31. The maximum atomic E-state index is 3.75. The zero-order valence-electron chi connectivity index (χ0n) is 7.30. The Morgan fingerprint density at radius 2 is 1.69 bits per heavy atom.